The van der Waals surface area contributed by atoms with Crippen molar-refractivity contribution in [1.82, 2.24) is 9.88 Å². The highest BCUT2D eigenvalue weighted by atomic mass is 35.5. The maximum absolute atomic E-state index is 13.2. The van der Waals surface area contributed by atoms with E-state index in [2.05, 4.69) is 15.6 Å². The van der Waals surface area contributed by atoms with Gasteiger partial charge in [-0.2, -0.15) is 0 Å². The molecule has 11 nitrogen and oxygen atoms in total. The molecule has 4 amide bonds. The van der Waals surface area contributed by atoms with Crippen LogP contribution in [0.3, 0.4) is 0 Å². The topological polar surface area (TPSA) is 122 Å². The Morgan fingerprint density at radius 2 is 1.89 bits per heavy atom. The number of hydrogen-bond acceptors (Lipinski definition) is 7. The number of amides is 4. The number of nitrogens with one attached hydrogen (secondary N) is 2. The Balaban J connectivity index is 1.47. The zero-order valence-corrected chi connectivity index (χ0v) is 20.1. The lowest BCUT2D eigenvalue weighted by Gasteiger charge is -2.27. The number of pyridine rings is 1. The zero-order valence-electron chi connectivity index (χ0n) is 19.3. The quantitative estimate of drug-likeness (QED) is 0.580. The van der Waals surface area contributed by atoms with Gasteiger partial charge in [-0.05, 0) is 36.4 Å². The van der Waals surface area contributed by atoms with Crippen molar-refractivity contribution in [3.8, 4) is 0 Å². The van der Waals surface area contributed by atoms with Gasteiger partial charge in [0.15, 0.2) is 5.79 Å². The van der Waals surface area contributed by atoms with Crippen molar-refractivity contribution in [1.29, 1.82) is 0 Å². The molecule has 2 aliphatic heterocycles. The van der Waals surface area contributed by atoms with Crippen molar-refractivity contribution >= 4 is 46.6 Å². The van der Waals surface area contributed by atoms with Crippen LogP contribution in [-0.2, 0) is 23.8 Å². The standard InChI is InChI=1S/C23H26ClN5O6/c1-33-23(34-2)11-18(29(14-23)22(32)27-19-8-3-15(24)12-25-19)21(31)26-16-4-6-17(7-5-16)28-9-10-35-13-20(28)30/h3-8,12,18H,9-11,13-14H2,1-2H3,(H,26,31)(H,25,27,32)/t18-/m1/s1. The number of nitrogens with zero attached hydrogens (tertiary/aromatic N) is 3. The molecular weight excluding hydrogens is 478 g/mol. The van der Waals surface area contributed by atoms with Gasteiger partial charge in [-0.15, -0.1) is 0 Å². The van der Waals surface area contributed by atoms with Crippen LogP contribution in [0.4, 0.5) is 22.0 Å². The summed E-state index contributed by atoms with van der Waals surface area (Å²) >= 11 is 5.86. The van der Waals surface area contributed by atoms with Crippen molar-refractivity contribution in [2.75, 3.05) is 56.1 Å². The van der Waals surface area contributed by atoms with Gasteiger partial charge < -0.3 is 29.3 Å². The Kier molecular flexibility index (Phi) is 7.51. The van der Waals surface area contributed by atoms with E-state index >= 15 is 0 Å². The molecule has 1 aromatic carbocycles. The number of benzene rings is 1. The number of anilines is 3. The fourth-order valence-electron chi connectivity index (χ4n) is 4.04. The number of likely N-dealkylation sites (tertiary alicyclic amines) is 1. The Hall–Kier alpha value is -3.25. The van der Waals surface area contributed by atoms with Gasteiger partial charge in [0, 0.05) is 44.8 Å². The Morgan fingerprint density at radius 3 is 2.51 bits per heavy atom. The number of halogens is 1. The maximum atomic E-state index is 13.2. The summed E-state index contributed by atoms with van der Waals surface area (Å²) in [7, 11) is 2.93. The molecule has 0 radical (unpaired) electrons. The van der Waals surface area contributed by atoms with Crippen molar-refractivity contribution in [2.45, 2.75) is 18.2 Å². The van der Waals surface area contributed by atoms with Crippen molar-refractivity contribution in [3.05, 3.63) is 47.6 Å². The van der Waals surface area contributed by atoms with E-state index in [0.29, 0.717) is 35.4 Å². The predicted octanol–water partition coefficient (Wildman–Crippen LogP) is 2.33. The van der Waals surface area contributed by atoms with E-state index in [1.807, 2.05) is 0 Å². The number of urea groups is 1. The maximum Gasteiger partial charge on any atom is 0.323 e. The molecule has 2 aromatic rings. The van der Waals surface area contributed by atoms with E-state index in [4.69, 9.17) is 25.8 Å². The molecule has 2 aliphatic rings. The van der Waals surface area contributed by atoms with Gasteiger partial charge in [-0.3, -0.25) is 14.9 Å². The first kappa shape index (κ1) is 24.9. The van der Waals surface area contributed by atoms with Gasteiger partial charge in [-0.25, -0.2) is 9.78 Å². The number of ether oxygens (including phenoxy) is 3. The van der Waals surface area contributed by atoms with E-state index in [0.717, 1.165) is 0 Å². The molecule has 1 atom stereocenters. The van der Waals surface area contributed by atoms with Crippen LogP contribution in [0, 0.1) is 0 Å². The monoisotopic (exact) mass is 503 g/mol. The van der Waals surface area contributed by atoms with Crippen LogP contribution in [0.5, 0.6) is 0 Å². The molecule has 12 heteroatoms. The van der Waals surface area contributed by atoms with Gasteiger partial charge >= 0.3 is 6.03 Å². The summed E-state index contributed by atoms with van der Waals surface area (Å²) in [5.41, 5.74) is 1.23. The highest BCUT2D eigenvalue weighted by Crippen LogP contribution is 2.32. The minimum atomic E-state index is -1.13. The zero-order chi connectivity index (χ0) is 25.0. The number of hydrogen-bond donors (Lipinski definition) is 2. The van der Waals surface area contributed by atoms with E-state index < -0.39 is 23.8 Å². The Morgan fingerprint density at radius 1 is 1.14 bits per heavy atom. The predicted molar refractivity (Wildman–Crippen MR) is 128 cm³/mol. The number of carbonyl (C=O) groups is 3. The lowest BCUT2D eigenvalue weighted by molar-refractivity contribution is -0.194. The Bertz CT molecular complexity index is 1080. The number of aromatic nitrogens is 1. The van der Waals surface area contributed by atoms with Gasteiger partial charge in [-0.1, -0.05) is 11.6 Å². The summed E-state index contributed by atoms with van der Waals surface area (Å²) in [5, 5.41) is 5.94. The molecule has 35 heavy (non-hydrogen) atoms. The van der Waals surface area contributed by atoms with Gasteiger partial charge in [0.1, 0.15) is 18.5 Å². The number of carbonyl (C=O) groups excluding carboxylic acids is 3. The van der Waals surface area contributed by atoms with Crippen LogP contribution >= 0.6 is 11.6 Å². The molecule has 2 N–H and O–H groups in total. The molecule has 0 spiro atoms. The second-order valence-electron chi connectivity index (χ2n) is 8.09. The molecule has 0 unspecified atom stereocenters. The summed E-state index contributed by atoms with van der Waals surface area (Å²) in [6, 6.07) is 8.66. The van der Waals surface area contributed by atoms with Crippen LogP contribution in [0.15, 0.2) is 42.6 Å². The summed E-state index contributed by atoms with van der Waals surface area (Å²) in [6.45, 7) is 1.02. The van der Waals surface area contributed by atoms with E-state index in [1.54, 1.807) is 41.3 Å². The molecule has 2 fully saturated rings. The number of methoxy groups -OCH3 is 2. The molecule has 2 saturated heterocycles. The molecule has 0 bridgehead atoms. The first-order valence-corrected chi connectivity index (χ1v) is 11.3. The van der Waals surface area contributed by atoms with Crippen LogP contribution in [0.2, 0.25) is 5.02 Å². The van der Waals surface area contributed by atoms with Crippen molar-refractivity contribution < 1.29 is 28.6 Å². The van der Waals surface area contributed by atoms with Gasteiger partial charge in [0.05, 0.1) is 18.2 Å². The highest BCUT2D eigenvalue weighted by molar-refractivity contribution is 6.30. The molecule has 0 saturated carbocycles. The smallest absolute Gasteiger partial charge is 0.323 e. The molecule has 4 rings (SSSR count). The minimum absolute atomic E-state index is 0.0373. The first-order chi connectivity index (χ1) is 16.8. The summed E-state index contributed by atoms with van der Waals surface area (Å²) in [5.74, 6) is -1.37. The third kappa shape index (κ3) is 5.54. The summed E-state index contributed by atoms with van der Waals surface area (Å²) in [6.07, 6.45) is 1.54. The molecular formula is C23H26ClN5O6. The third-order valence-corrected chi connectivity index (χ3v) is 6.22. The second kappa shape index (κ2) is 10.6. The molecule has 3 heterocycles. The van der Waals surface area contributed by atoms with Crippen LogP contribution in [0.25, 0.3) is 0 Å². The van der Waals surface area contributed by atoms with Gasteiger partial charge in [0.2, 0.25) is 5.91 Å². The summed E-state index contributed by atoms with van der Waals surface area (Å²) < 4.78 is 16.2. The molecule has 1 aromatic heterocycles. The minimum Gasteiger partial charge on any atom is -0.370 e. The van der Waals surface area contributed by atoms with Crippen LogP contribution in [-0.4, -0.2) is 80.1 Å². The number of morpholine rings is 1. The lowest BCUT2D eigenvalue weighted by atomic mass is 10.1. The lowest BCUT2D eigenvalue weighted by Crippen LogP contribution is -2.45. The third-order valence-electron chi connectivity index (χ3n) is 5.99. The Labute approximate surface area is 207 Å². The van der Waals surface area contributed by atoms with Gasteiger partial charge in [0.25, 0.3) is 5.91 Å². The fraction of sp³-hybridized carbons (Fsp3) is 0.391. The SMILES string of the molecule is COC1(OC)C[C@H](C(=O)Nc2ccc(N3CCOCC3=O)cc2)N(C(=O)Nc2ccc(Cl)cn2)C1. The highest BCUT2D eigenvalue weighted by Gasteiger charge is 2.50. The van der Waals surface area contributed by atoms with Crippen molar-refractivity contribution in [2.24, 2.45) is 0 Å². The molecule has 186 valence electrons. The normalized spacial score (nSPS) is 19.5. The average molecular weight is 504 g/mol. The largest absolute Gasteiger partial charge is 0.370 e. The van der Waals surface area contributed by atoms with Crippen LogP contribution < -0.4 is 15.5 Å². The van der Waals surface area contributed by atoms with E-state index in [9.17, 15) is 14.4 Å². The fourth-order valence-corrected chi connectivity index (χ4v) is 4.15. The van der Waals surface area contributed by atoms with Crippen LogP contribution in [0.1, 0.15) is 6.42 Å². The summed E-state index contributed by atoms with van der Waals surface area (Å²) in [4.78, 5) is 45.4. The average Bonchev–Trinajstić information content (AvgIpc) is 3.27. The van der Waals surface area contributed by atoms with E-state index in [-0.39, 0.29) is 25.5 Å². The second-order valence-corrected chi connectivity index (χ2v) is 8.53. The number of rotatable bonds is 6. The molecule has 0 aliphatic carbocycles. The first-order valence-electron chi connectivity index (χ1n) is 10.9. The van der Waals surface area contributed by atoms with Crippen molar-refractivity contribution in [3.63, 3.8) is 0 Å². The van der Waals surface area contributed by atoms with E-state index in [1.165, 1.54) is 25.3 Å².